The molecule has 0 saturated heterocycles. The maximum Gasteiger partial charge on any atom is 0.126 e. The second-order valence-corrected chi connectivity index (χ2v) is 4.44. The largest absolute Gasteiger partial charge is 0.326 e. The Morgan fingerprint density at radius 2 is 1.83 bits per heavy atom. The summed E-state index contributed by atoms with van der Waals surface area (Å²) in [5.41, 5.74) is 15.4. The van der Waals surface area contributed by atoms with Crippen LogP contribution in [0.1, 0.15) is 28.3 Å². The molecule has 3 heteroatoms. The molecule has 0 saturated carbocycles. The molecule has 1 unspecified atom stereocenters. The van der Waals surface area contributed by atoms with Crippen LogP contribution in [0.2, 0.25) is 0 Å². The van der Waals surface area contributed by atoms with E-state index in [-0.39, 0.29) is 11.9 Å². The third-order valence-corrected chi connectivity index (χ3v) is 3.09. The van der Waals surface area contributed by atoms with Gasteiger partial charge in [-0.05, 0) is 35.2 Å². The quantitative estimate of drug-likeness (QED) is 0.872. The van der Waals surface area contributed by atoms with Gasteiger partial charge >= 0.3 is 0 Å². The minimum absolute atomic E-state index is 0.207. The Balaban J connectivity index is 2.34. The predicted molar refractivity (Wildman–Crippen MR) is 71.5 cm³/mol. The molecule has 0 aliphatic rings. The van der Waals surface area contributed by atoms with Crippen molar-refractivity contribution >= 4 is 0 Å². The minimum atomic E-state index is -0.254. The molecule has 2 rings (SSSR count). The van der Waals surface area contributed by atoms with Gasteiger partial charge in [-0.15, -0.1) is 0 Å². The van der Waals surface area contributed by atoms with Crippen LogP contribution in [0.3, 0.4) is 0 Å². The fraction of sp³-hybridized carbons (Fsp3) is 0.200. The van der Waals surface area contributed by atoms with Crippen molar-refractivity contribution in [3.63, 3.8) is 0 Å². The van der Waals surface area contributed by atoms with Gasteiger partial charge in [0, 0.05) is 6.54 Å². The third kappa shape index (κ3) is 2.58. The zero-order valence-corrected chi connectivity index (χ0v) is 10.4. The van der Waals surface area contributed by atoms with Crippen LogP contribution in [-0.2, 0) is 6.54 Å². The number of nitrogens with two attached hydrogens (primary N) is 2. The molecule has 2 nitrogen and oxygen atoms in total. The highest BCUT2D eigenvalue weighted by Gasteiger charge is 2.10. The average molecular weight is 244 g/mol. The molecule has 0 radical (unpaired) electrons. The van der Waals surface area contributed by atoms with Gasteiger partial charge in [-0.2, -0.15) is 0 Å². The van der Waals surface area contributed by atoms with Gasteiger partial charge in [-0.1, -0.05) is 36.4 Å². The lowest BCUT2D eigenvalue weighted by atomic mass is 9.97. The van der Waals surface area contributed by atoms with E-state index >= 15 is 0 Å². The smallest absolute Gasteiger partial charge is 0.126 e. The highest BCUT2D eigenvalue weighted by Crippen LogP contribution is 2.22. The minimum Gasteiger partial charge on any atom is -0.326 e. The van der Waals surface area contributed by atoms with Crippen molar-refractivity contribution in [1.82, 2.24) is 0 Å². The molecule has 18 heavy (non-hydrogen) atoms. The second-order valence-electron chi connectivity index (χ2n) is 4.44. The van der Waals surface area contributed by atoms with Crippen LogP contribution >= 0.6 is 0 Å². The Hall–Kier alpha value is -1.71. The predicted octanol–water partition coefficient (Wildman–Crippen LogP) is 2.64. The molecule has 2 aromatic carbocycles. The normalized spacial score (nSPS) is 12.4. The summed E-state index contributed by atoms with van der Waals surface area (Å²) in [6, 6.07) is 12.6. The van der Waals surface area contributed by atoms with Crippen molar-refractivity contribution in [2.75, 3.05) is 0 Å². The molecular weight excluding hydrogens is 227 g/mol. The van der Waals surface area contributed by atoms with Crippen molar-refractivity contribution in [3.8, 4) is 0 Å². The lowest BCUT2D eigenvalue weighted by molar-refractivity contribution is 0.617. The first-order chi connectivity index (χ1) is 8.61. The molecule has 0 heterocycles. The molecule has 2 aromatic rings. The van der Waals surface area contributed by atoms with Gasteiger partial charge in [0.1, 0.15) is 5.82 Å². The number of hydrogen-bond donors (Lipinski definition) is 2. The van der Waals surface area contributed by atoms with Crippen LogP contribution in [0.15, 0.2) is 42.5 Å². The molecule has 0 amide bonds. The van der Waals surface area contributed by atoms with E-state index in [0.29, 0.717) is 12.1 Å². The summed E-state index contributed by atoms with van der Waals surface area (Å²) in [5.74, 6) is -0.207. The van der Waals surface area contributed by atoms with Gasteiger partial charge < -0.3 is 11.5 Å². The van der Waals surface area contributed by atoms with Crippen LogP contribution in [0.5, 0.6) is 0 Å². The van der Waals surface area contributed by atoms with E-state index in [4.69, 9.17) is 11.5 Å². The first kappa shape index (κ1) is 12.7. The van der Waals surface area contributed by atoms with Crippen LogP contribution < -0.4 is 11.5 Å². The van der Waals surface area contributed by atoms with Crippen LogP contribution in [-0.4, -0.2) is 0 Å². The first-order valence-electron chi connectivity index (χ1n) is 5.92. The Morgan fingerprint density at radius 1 is 1.11 bits per heavy atom. The topological polar surface area (TPSA) is 52.0 Å². The summed E-state index contributed by atoms with van der Waals surface area (Å²) < 4.78 is 13.2. The summed E-state index contributed by atoms with van der Waals surface area (Å²) in [7, 11) is 0. The van der Waals surface area contributed by atoms with Crippen LogP contribution in [0, 0.1) is 12.7 Å². The Bertz CT molecular complexity index is 552. The Labute approximate surface area is 106 Å². The van der Waals surface area contributed by atoms with E-state index in [1.807, 2.05) is 24.3 Å². The lowest BCUT2D eigenvalue weighted by Gasteiger charge is -2.14. The highest BCUT2D eigenvalue weighted by atomic mass is 19.1. The van der Waals surface area contributed by atoms with E-state index in [9.17, 15) is 4.39 Å². The van der Waals surface area contributed by atoms with Crippen molar-refractivity contribution in [2.24, 2.45) is 11.5 Å². The zero-order valence-electron chi connectivity index (χ0n) is 10.4. The highest BCUT2D eigenvalue weighted by molar-refractivity contribution is 5.35. The number of halogens is 1. The Kier molecular flexibility index (Phi) is 3.75. The summed E-state index contributed by atoms with van der Waals surface area (Å²) in [6.07, 6.45) is 0. The first-order valence-corrected chi connectivity index (χ1v) is 5.92. The second kappa shape index (κ2) is 5.29. The van der Waals surface area contributed by atoms with Gasteiger partial charge in [-0.3, -0.25) is 0 Å². The molecule has 0 bridgehead atoms. The fourth-order valence-corrected chi connectivity index (χ4v) is 1.97. The molecule has 0 fully saturated rings. The number of benzene rings is 2. The van der Waals surface area contributed by atoms with Crippen LogP contribution in [0.4, 0.5) is 4.39 Å². The molecule has 4 N–H and O–H groups in total. The van der Waals surface area contributed by atoms with Gasteiger partial charge in [0.25, 0.3) is 0 Å². The van der Waals surface area contributed by atoms with Gasteiger partial charge in [0.2, 0.25) is 0 Å². The van der Waals surface area contributed by atoms with Crippen molar-refractivity contribution in [1.29, 1.82) is 0 Å². The monoisotopic (exact) mass is 244 g/mol. The number of rotatable bonds is 3. The molecular formula is C15H17FN2. The summed E-state index contributed by atoms with van der Waals surface area (Å²) in [5, 5.41) is 0. The SMILES string of the molecule is Cc1cc(C(N)c2cccc(CN)c2)ccc1F. The molecule has 0 aliphatic carbocycles. The molecule has 0 aromatic heterocycles. The zero-order chi connectivity index (χ0) is 13.1. The van der Waals surface area contributed by atoms with E-state index in [0.717, 1.165) is 16.7 Å². The fourth-order valence-electron chi connectivity index (χ4n) is 1.97. The lowest BCUT2D eigenvalue weighted by Crippen LogP contribution is -2.13. The van der Waals surface area contributed by atoms with Gasteiger partial charge in [0.15, 0.2) is 0 Å². The maximum absolute atomic E-state index is 13.2. The van der Waals surface area contributed by atoms with E-state index < -0.39 is 0 Å². The summed E-state index contributed by atoms with van der Waals surface area (Å²) in [6.45, 7) is 2.23. The average Bonchev–Trinajstić information content (AvgIpc) is 2.41. The maximum atomic E-state index is 13.2. The molecule has 0 aliphatic heterocycles. The van der Waals surface area contributed by atoms with E-state index in [1.165, 1.54) is 6.07 Å². The summed E-state index contributed by atoms with van der Waals surface area (Å²) >= 11 is 0. The van der Waals surface area contributed by atoms with E-state index in [1.54, 1.807) is 19.1 Å². The van der Waals surface area contributed by atoms with Crippen molar-refractivity contribution in [3.05, 3.63) is 70.5 Å². The third-order valence-electron chi connectivity index (χ3n) is 3.09. The van der Waals surface area contributed by atoms with Crippen molar-refractivity contribution < 1.29 is 4.39 Å². The molecule has 0 spiro atoms. The van der Waals surface area contributed by atoms with E-state index in [2.05, 4.69) is 0 Å². The standard InChI is InChI=1S/C15H17FN2/c1-10-7-13(5-6-14(10)16)15(18)12-4-2-3-11(8-12)9-17/h2-8,15H,9,17-18H2,1H3. The molecule has 1 atom stereocenters. The van der Waals surface area contributed by atoms with Gasteiger partial charge in [0.05, 0.1) is 6.04 Å². The van der Waals surface area contributed by atoms with Crippen molar-refractivity contribution in [2.45, 2.75) is 19.5 Å². The van der Waals surface area contributed by atoms with Crippen LogP contribution in [0.25, 0.3) is 0 Å². The number of hydrogen-bond acceptors (Lipinski definition) is 2. The number of aryl methyl sites for hydroxylation is 1. The van der Waals surface area contributed by atoms with Gasteiger partial charge in [-0.25, -0.2) is 4.39 Å². The summed E-state index contributed by atoms with van der Waals surface area (Å²) in [4.78, 5) is 0. The Morgan fingerprint density at radius 3 is 2.50 bits per heavy atom. The molecule has 94 valence electrons.